The van der Waals surface area contributed by atoms with E-state index in [1.54, 1.807) is 16.7 Å². The molecule has 20 heavy (non-hydrogen) atoms. The molecule has 2 heterocycles. The molecule has 0 unspecified atom stereocenters. The van der Waals surface area contributed by atoms with E-state index in [9.17, 15) is 4.79 Å². The van der Waals surface area contributed by atoms with E-state index >= 15 is 0 Å². The minimum Gasteiger partial charge on any atom is -0.497 e. The molecule has 0 saturated carbocycles. The van der Waals surface area contributed by atoms with Crippen molar-refractivity contribution in [2.24, 2.45) is 0 Å². The number of anilines is 1. The Balaban J connectivity index is 1.93. The van der Waals surface area contributed by atoms with Crippen molar-refractivity contribution in [2.45, 2.75) is 19.9 Å². The quantitative estimate of drug-likeness (QED) is 0.849. The number of carbonyl (C=O) groups excluding carboxylic acids is 1. The van der Waals surface area contributed by atoms with Crippen LogP contribution in [0.1, 0.15) is 23.0 Å². The molecular formula is C14H16N4O2. The zero-order valence-electron chi connectivity index (χ0n) is 11.5. The summed E-state index contributed by atoms with van der Waals surface area (Å²) in [6.45, 7) is 3.24. The maximum Gasteiger partial charge on any atom is 0.278 e. The lowest BCUT2D eigenvalue weighted by Crippen LogP contribution is -2.30. The molecule has 0 atom stereocenters. The number of ether oxygens (including phenoxy) is 1. The summed E-state index contributed by atoms with van der Waals surface area (Å²) in [6.07, 6.45) is 2.36. The highest BCUT2D eigenvalue weighted by molar-refractivity contribution is 6.06. The third kappa shape index (κ3) is 1.93. The first-order valence-corrected chi connectivity index (χ1v) is 6.62. The molecule has 0 spiro atoms. The Morgan fingerprint density at radius 1 is 1.45 bits per heavy atom. The Kier molecular flexibility index (Phi) is 3.14. The van der Waals surface area contributed by atoms with Crippen LogP contribution in [0.5, 0.6) is 5.75 Å². The van der Waals surface area contributed by atoms with E-state index in [-0.39, 0.29) is 5.91 Å². The normalized spacial score (nSPS) is 13.4. The minimum absolute atomic E-state index is 0.0548. The number of aromatic nitrogens is 3. The van der Waals surface area contributed by atoms with Crippen LogP contribution < -0.4 is 9.64 Å². The molecule has 1 aromatic carbocycles. The lowest BCUT2D eigenvalue weighted by atomic mass is 10.1. The number of amides is 1. The molecule has 3 rings (SSSR count). The first-order chi connectivity index (χ1) is 9.74. The minimum atomic E-state index is -0.0548. The lowest BCUT2D eigenvalue weighted by Gasteiger charge is -2.17. The number of nitrogens with zero attached hydrogens (tertiary/aromatic N) is 4. The maximum absolute atomic E-state index is 12.6. The summed E-state index contributed by atoms with van der Waals surface area (Å²) in [5.41, 5.74) is 2.60. The van der Waals surface area contributed by atoms with Gasteiger partial charge in [0.15, 0.2) is 0 Å². The van der Waals surface area contributed by atoms with Gasteiger partial charge in [-0.2, -0.15) is 0 Å². The average molecular weight is 272 g/mol. The summed E-state index contributed by atoms with van der Waals surface area (Å²) < 4.78 is 6.83. The van der Waals surface area contributed by atoms with Crippen molar-refractivity contribution in [1.29, 1.82) is 0 Å². The van der Waals surface area contributed by atoms with Gasteiger partial charge in [0.25, 0.3) is 5.91 Å². The van der Waals surface area contributed by atoms with Crippen LogP contribution in [-0.4, -0.2) is 34.6 Å². The molecule has 1 aromatic heterocycles. The molecule has 1 amide bonds. The van der Waals surface area contributed by atoms with Crippen LogP contribution in [0.4, 0.5) is 5.69 Å². The van der Waals surface area contributed by atoms with E-state index < -0.39 is 0 Å². The summed E-state index contributed by atoms with van der Waals surface area (Å²) in [7, 11) is 1.64. The lowest BCUT2D eigenvalue weighted by molar-refractivity contribution is 0.0979. The third-order valence-corrected chi connectivity index (χ3v) is 3.56. The van der Waals surface area contributed by atoms with Crippen LogP contribution in [-0.2, 0) is 13.0 Å². The van der Waals surface area contributed by atoms with Gasteiger partial charge in [0.2, 0.25) is 0 Å². The Morgan fingerprint density at radius 2 is 2.30 bits per heavy atom. The molecule has 2 aromatic rings. The van der Waals surface area contributed by atoms with E-state index in [1.807, 2.05) is 25.1 Å². The molecule has 0 fully saturated rings. The Morgan fingerprint density at radius 3 is 3.05 bits per heavy atom. The fourth-order valence-corrected chi connectivity index (χ4v) is 2.51. The molecular weight excluding hydrogens is 256 g/mol. The van der Waals surface area contributed by atoms with Gasteiger partial charge in [-0.1, -0.05) is 5.21 Å². The molecule has 0 N–H and O–H groups in total. The van der Waals surface area contributed by atoms with Crippen molar-refractivity contribution < 1.29 is 9.53 Å². The molecule has 6 nitrogen and oxygen atoms in total. The van der Waals surface area contributed by atoms with Gasteiger partial charge < -0.3 is 9.64 Å². The van der Waals surface area contributed by atoms with Crippen LogP contribution in [0.3, 0.4) is 0 Å². The molecule has 0 bridgehead atoms. The van der Waals surface area contributed by atoms with Gasteiger partial charge in [0.1, 0.15) is 11.4 Å². The van der Waals surface area contributed by atoms with Gasteiger partial charge >= 0.3 is 0 Å². The Hall–Kier alpha value is -2.37. The summed E-state index contributed by atoms with van der Waals surface area (Å²) in [6, 6.07) is 5.79. The van der Waals surface area contributed by atoms with Crippen LogP contribution in [0.25, 0.3) is 0 Å². The summed E-state index contributed by atoms with van der Waals surface area (Å²) in [5, 5.41) is 7.72. The number of carbonyl (C=O) groups is 1. The number of rotatable bonds is 3. The predicted molar refractivity (Wildman–Crippen MR) is 74.1 cm³/mol. The molecule has 1 aliphatic rings. The third-order valence-electron chi connectivity index (χ3n) is 3.56. The van der Waals surface area contributed by atoms with Gasteiger partial charge in [0.05, 0.1) is 13.3 Å². The van der Waals surface area contributed by atoms with Crippen molar-refractivity contribution in [1.82, 2.24) is 15.0 Å². The predicted octanol–water partition coefficient (Wildman–Crippen LogP) is 1.51. The molecule has 104 valence electrons. The molecule has 0 aliphatic carbocycles. The van der Waals surface area contributed by atoms with Crippen LogP contribution in [0.2, 0.25) is 0 Å². The van der Waals surface area contributed by atoms with Crippen LogP contribution in [0.15, 0.2) is 24.4 Å². The van der Waals surface area contributed by atoms with Gasteiger partial charge in [0, 0.05) is 18.8 Å². The standard InChI is InChI=1S/C14H16N4O2/c1-3-18-13(9-15-16-18)14(19)17-7-6-10-8-11(20-2)4-5-12(10)17/h4-5,8-9H,3,6-7H2,1-2H3. The van der Waals surface area contributed by atoms with Gasteiger partial charge in [-0.05, 0) is 37.1 Å². The number of hydrogen-bond acceptors (Lipinski definition) is 4. The van der Waals surface area contributed by atoms with Crippen LogP contribution >= 0.6 is 0 Å². The van der Waals surface area contributed by atoms with Gasteiger partial charge in [-0.3, -0.25) is 4.79 Å². The van der Waals surface area contributed by atoms with Crippen molar-refractivity contribution >= 4 is 11.6 Å². The topological polar surface area (TPSA) is 60.2 Å². The molecule has 1 aliphatic heterocycles. The smallest absolute Gasteiger partial charge is 0.278 e. The second-order valence-corrected chi connectivity index (χ2v) is 4.64. The second-order valence-electron chi connectivity index (χ2n) is 4.64. The largest absolute Gasteiger partial charge is 0.497 e. The first kappa shape index (κ1) is 12.7. The van der Waals surface area contributed by atoms with Crippen LogP contribution in [0, 0.1) is 0 Å². The SMILES string of the molecule is CCn1nncc1C(=O)N1CCc2cc(OC)ccc21. The van der Waals surface area contributed by atoms with Crippen molar-refractivity contribution in [3.8, 4) is 5.75 Å². The highest BCUT2D eigenvalue weighted by Gasteiger charge is 2.28. The van der Waals surface area contributed by atoms with E-state index in [2.05, 4.69) is 10.3 Å². The zero-order chi connectivity index (χ0) is 14.1. The van der Waals surface area contributed by atoms with Gasteiger partial charge in [-0.25, -0.2) is 4.68 Å². The molecule has 0 saturated heterocycles. The number of aryl methyl sites for hydroxylation is 1. The number of benzene rings is 1. The Labute approximate surface area is 117 Å². The second kappa shape index (κ2) is 4.96. The summed E-state index contributed by atoms with van der Waals surface area (Å²) in [4.78, 5) is 14.4. The maximum atomic E-state index is 12.6. The van der Waals surface area contributed by atoms with Gasteiger partial charge in [-0.15, -0.1) is 5.10 Å². The number of hydrogen-bond donors (Lipinski definition) is 0. The highest BCUT2D eigenvalue weighted by atomic mass is 16.5. The molecule has 0 radical (unpaired) electrons. The fourth-order valence-electron chi connectivity index (χ4n) is 2.51. The van der Waals surface area contributed by atoms with Crippen molar-refractivity contribution in [2.75, 3.05) is 18.6 Å². The van der Waals surface area contributed by atoms with E-state index in [0.717, 1.165) is 23.4 Å². The highest BCUT2D eigenvalue weighted by Crippen LogP contribution is 2.32. The molecule has 6 heteroatoms. The Bertz CT molecular complexity index is 650. The van der Waals surface area contributed by atoms with Crippen molar-refractivity contribution in [3.05, 3.63) is 35.7 Å². The summed E-state index contributed by atoms with van der Waals surface area (Å²) in [5.74, 6) is 0.763. The zero-order valence-corrected chi connectivity index (χ0v) is 11.5. The number of methoxy groups -OCH3 is 1. The van der Waals surface area contributed by atoms with E-state index in [0.29, 0.717) is 18.8 Å². The fraction of sp³-hybridized carbons (Fsp3) is 0.357. The van der Waals surface area contributed by atoms with E-state index in [1.165, 1.54) is 6.20 Å². The summed E-state index contributed by atoms with van der Waals surface area (Å²) >= 11 is 0. The average Bonchev–Trinajstić information content (AvgIpc) is 3.12. The van der Waals surface area contributed by atoms with E-state index in [4.69, 9.17) is 4.74 Å². The van der Waals surface area contributed by atoms with Crippen molar-refractivity contribution in [3.63, 3.8) is 0 Å². The monoisotopic (exact) mass is 272 g/mol. The first-order valence-electron chi connectivity index (χ1n) is 6.62. The number of fused-ring (bicyclic) bond motifs is 1.